The van der Waals surface area contributed by atoms with Crippen LogP contribution < -0.4 is 5.32 Å². The van der Waals surface area contributed by atoms with Gasteiger partial charge in [0.25, 0.3) is 0 Å². The fourth-order valence-electron chi connectivity index (χ4n) is 2.72. The topological polar surface area (TPSA) is 49.3 Å². The van der Waals surface area contributed by atoms with Gasteiger partial charge in [0.2, 0.25) is 5.91 Å². The zero-order valence-corrected chi connectivity index (χ0v) is 11.6. The van der Waals surface area contributed by atoms with Gasteiger partial charge in [-0.15, -0.1) is 11.6 Å². The van der Waals surface area contributed by atoms with E-state index >= 15 is 0 Å². The lowest BCUT2D eigenvalue weighted by atomic mass is 9.97. The van der Waals surface area contributed by atoms with Crippen molar-refractivity contribution in [1.29, 1.82) is 0 Å². The molecule has 0 spiro atoms. The second-order valence-corrected chi connectivity index (χ2v) is 5.59. The van der Waals surface area contributed by atoms with Crippen molar-refractivity contribution in [2.45, 2.75) is 24.6 Å². The maximum Gasteiger partial charge on any atom is 0.242 e. The number of carbonyl (C=O) groups excluding carboxylic acids is 1. The maximum absolute atomic E-state index is 12.0. The number of halogens is 1. The number of hydrogen-bond acceptors (Lipinski definition) is 2. The largest absolute Gasteiger partial charge is 0.396 e. The van der Waals surface area contributed by atoms with Gasteiger partial charge in [0, 0.05) is 13.2 Å². The summed E-state index contributed by atoms with van der Waals surface area (Å²) in [5.74, 6) is 0.552. The fraction of sp³-hybridized carbons (Fsp3) is 0.533. The monoisotopic (exact) mass is 281 g/mol. The molecule has 3 atom stereocenters. The van der Waals surface area contributed by atoms with Crippen molar-refractivity contribution in [3.8, 4) is 0 Å². The van der Waals surface area contributed by atoms with Crippen LogP contribution in [0.4, 0.5) is 0 Å². The van der Waals surface area contributed by atoms with E-state index < -0.39 is 5.38 Å². The zero-order valence-electron chi connectivity index (χ0n) is 10.9. The SMILES string of the molecule is O=C(NCC1CCCC1CO)C(Cl)c1ccccc1. The Balaban J connectivity index is 1.84. The third kappa shape index (κ3) is 3.71. The predicted octanol–water partition coefficient (Wildman–Crippen LogP) is 2.49. The summed E-state index contributed by atoms with van der Waals surface area (Å²) < 4.78 is 0. The summed E-state index contributed by atoms with van der Waals surface area (Å²) in [6, 6.07) is 9.34. The number of rotatable bonds is 5. The van der Waals surface area contributed by atoms with Gasteiger partial charge in [-0.05, 0) is 30.2 Å². The molecular formula is C15H20ClNO2. The highest BCUT2D eigenvalue weighted by molar-refractivity contribution is 6.30. The Morgan fingerprint density at radius 2 is 2.00 bits per heavy atom. The molecule has 1 amide bonds. The van der Waals surface area contributed by atoms with Crippen molar-refractivity contribution in [1.82, 2.24) is 5.32 Å². The lowest BCUT2D eigenvalue weighted by molar-refractivity contribution is -0.121. The quantitative estimate of drug-likeness (QED) is 0.815. The molecule has 3 unspecified atom stereocenters. The number of carbonyl (C=O) groups is 1. The van der Waals surface area contributed by atoms with Crippen molar-refractivity contribution in [3.05, 3.63) is 35.9 Å². The average molecular weight is 282 g/mol. The molecule has 1 fully saturated rings. The lowest BCUT2D eigenvalue weighted by Gasteiger charge is -2.19. The van der Waals surface area contributed by atoms with Gasteiger partial charge >= 0.3 is 0 Å². The van der Waals surface area contributed by atoms with E-state index in [4.69, 9.17) is 11.6 Å². The molecule has 4 heteroatoms. The van der Waals surface area contributed by atoms with Crippen LogP contribution in [-0.2, 0) is 4.79 Å². The Hall–Kier alpha value is -1.06. The molecule has 0 heterocycles. The molecule has 1 aliphatic rings. The van der Waals surface area contributed by atoms with Gasteiger partial charge < -0.3 is 10.4 Å². The molecule has 2 rings (SSSR count). The van der Waals surface area contributed by atoms with Crippen molar-refractivity contribution >= 4 is 17.5 Å². The van der Waals surface area contributed by atoms with Crippen molar-refractivity contribution in [3.63, 3.8) is 0 Å². The van der Waals surface area contributed by atoms with E-state index in [9.17, 15) is 9.90 Å². The summed E-state index contributed by atoms with van der Waals surface area (Å²) in [5.41, 5.74) is 0.812. The molecule has 0 bridgehead atoms. The van der Waals surface area contributed by atoms with Gasteiger partial charge in [0.1, 0.15) is 5.38 Å². The van der Waals surface area contributed by atoms with Gasteiger partial charge in [0.05, 0.1) is 0 Å². The Morgan fingerprint density at radius 3 is 2.68 bits per heavy atom. The Bertz CT molecular complexity index is 410. The van der Waals surface area contributed by atoms with Crippen LogP contribution in [0.1, 0.15) is 30.2 Å². The minimum absolute atomic E-state index is 0.156. The molecule has 0 saturated heterocycles. The van der Waals surface area contributed by atoms with Gasteiger partial charge in [0.15, 0.2) is 0 Å². The summed E-state index contributed by atoms with van der Waals surface area (Å²) in [5, 5.41) is 11.5. The molecule has 2 N–H and O–H groups in total. The molecule has 0 aliphatic heterocycles. The van der Waals surface area contributed by atoms with E-state index in [2.05, 4.69) is 5.32 Å². The van der Waals surface area contributed by atoms with E-state index in [-0.39, 0.29) is 12.5 Å². The minimum atomic E-state index is -0.643. The number of hydrogen-bond donors (Lipinski definition) is 2. The summed E-state index contributed by atoms with van der Waals surface area (Å²) in [6.45, 7) is 0.823. The van der Waals surface area contributed by atoms with Crippen LogP contribution in [0.5, 0.6) is 0 Å². The normalized spacial score (nSPS) is 24.1. The summed E-state index contributed by atoms with van der Waals surface area (Å²) >= 11 is 6.15. The van der Waals surface area contributed by atoms with Crippen LogP contribution in [0.2, 0.25) is 0 Å². The lowest BCUT2D eigenvalue weighted by Crippen LogP contribution is -2.33. The zero-order chi connectivity index (χ0) is 13.7. The van der Waals surface area contributed by atoms with E-state index in [0.29, 0.717) is 18.4 Å². The number of nitrogens with one attached hydrogen (secondary N) is 1. The second kappa shape index (κ2) is 6.92. The molecule has 0 radical (unpaired) electrons. The van der Waals surface area contributed by atoms with E-state index in [0.717, 1.165) is 24.8 Å². The summed E-state index contributed by atoms with van der Waals surface area (Å²) in [7, 11) is 0. The highest BCUT2D eigenvalue weighted by Gasteiger charge is 2.27. The Kier molecular flexibility index (Phi) is 5.23. The van der Waals surface area contributed by atoms with Gasteiger partial charge in [-0.2, -0.15) is 0 Å². The molecule has 0 aromatic heterocycles. The molecule has 19 heavy (non-hydrogen) atoms. The minimum Gasteiger partial charge on any atom is -0.396 e. The third-order valence-corrected chi connectivity index (χ3v) is 4.36. The number of aliphatic hydroxyl groups excluding tert-OH is 1. The summed E-state index contributed by atoms with van der Waals surface area (Å²) in [4.78, 5) is 12.0. The van der Waals surface area contributed by atoms with Crippen molar-refractivity contribution in [2.75, 3.05) is 13.2 Å². The van der Waals surface area contributed by atoms with Gasteiger partial charge in [-0.25, -0.2) is 0 Å². The molecule has 1 saturated carbocycles. The van der Waals surface area contributed by atoms with E-state index in [1.807, 2.05) is 30.3 Å². The standard InChI is InChI=1S/C15H20ClNO2/c16-14(11-5-2-1-3-6-11)15(19)17-9-12-7-4-8-13(12)10-18/h1-3,5-6,12-14,18H,4,7-10H2,(H,17,19). The molecule has 1 aromatic rings. The number of amides is 1. The Morgan fingerprint density at radius 1 is 1.32 bits per heavy atom. The second-order valence-electron chi connectivity index (χ2n) is 5.15. The first-order valence-corrected chi connectivity index (χ1v) is 7.23. The van der Waals surface area contributed by atoms with Crippen molar-refractivity contribution in [2.24, 2.45) is 11.8 Å². The van der Waals surface area contributed by atoms with Gasteiger partial charge in [-0.1, -0.05) is 36.8 Å². The first-order chi connectivity index (χ1) is 9.22. The smallest absolute Gasteiger partial charge is 0.242 e. The van der Waals surface area contributed by atoms with Crippen LogP contribution in [-0.4, -0.2) is 24.2 Å². The average Bonchev–Trinajstić information content (AvgIpc) is 2.92. The molecule has 3 nitrogen and oxygen atoms in total. The molecule has 1 aromatic carbocycles. The molecular weight excluding hydrogens is 262 g/mol. The molecule has 1 aliphatic carbocycles. The Labute approximate surface area is 119 Å². The first kappa shape index (κ1) is 14.4. The van der Waals surface area contributed by atoms with Crippen molar-refractivity contribution < 1.29 is 9.90 Å². The third-order valence-electron chi connectivity index (χ3n) is 3.91. The number of aliphatic hydroxyl groups is 1. The van der Waals surface area contributed by atoms with Crippen LogP contribution >= 0.6 is 11.6 Å². The fourth-order valence-corrected chi connectivity index (χ4v) is 2.94. The molecule has 104 valence electrons. The van der Waals surface area contributed by atoms with Gasteiger partial charge in [-0.3, -0.25) is 4.79 Å². The van der Waals surface area contributed by atoms with Crippen LogP contribution in [0.15, 0.2) is 30.3 Å². The van der Waals surface area contributed by atoms with Crippen LogP contribution in [0, 0.1) is 11.8 Å². The van der Waals surface area contributed by atoms with Crippen LogP contribution in [0.3, 0.4) is 0 Å². The number of alkyl halides is 1. The first-order valence-electron chi connectivity index (χ1n) is 6.80. The van der Waals surface area contributed by atoms with E-state index in [1.165, 1.54) is 0 Å². The highest BCUT2D eigenvalue weighted by atomic mass is 35.5. The highest BCUT2D eigenvalue weighted by Crippen LogP contribution is 2.31. The van der Waals surface area contributed by atoms with Crippen LogP contribution in [0.25, 0.3) is 0 Å². The number of benzene rings is 1. The maximum atomic E-state index is 12.0. The predicted molar refractivity (Wildman–Crippen MR) is 76.0 cm³/mol. The van der Waals surface area contributed by atoms with E-state index in [1.54, 1.807) is 0 Å². The summed E-state index contributed by atoms with van der Waals surface area (Å²) in [6.07, 6.45) is 3.26.